The van der Waals surface area contributed by atoms with Crippen LogP contribution in [0.4, 0.5) is 0 Å². The van der Waals surface area contributed by atoms with Crippen molar-refractivity contribution in [3.63, 3.8) is 0 Å². The number of rotatable bonds is 5. The van der Waals surface area contributed by atoms with Crippen molar-refractivity contribution >= 4 is 20.5 Å². The Kier molecular flexibility index (Phi) is 6.76. The first-order chi connectivity index (χ1) is 4.27. The molecule has 9 heavy (non-hydrogen) atoms. The Morgan fingerprint density at radius 2 is 2.00 bits per heavy atom. The van der Waals surface area contributed by atoms with Crippen LogP contribution in [0, 0.1) is 0 Å². The Hall–Kier alpha value is 0.370. The van der Waals surface area contributed by atoms with Gasteiger partial charge in [-0.1, -0.05) is 26.2 Å². The van der Waals surface area contributed by atoms with Crippen LogP contribution >= 0.6 is 0 Å². The highest BCUT2D eigenvalue weighted by atomic mass is 32.8. The molecule has 1 atom stereocenters. The first-order valence-corrected chi connectivity index (χ1v) is 5.85. The topological polar surface area (TPSA) is 17.1 Å². The fourth-order valence-corrected chi connectivity index (χ4v) is 1.54. The van der Waals surface area contributed by atoms with Gasteiger partial charge in [-0.3, -0.25) is 4.21 Å². The quantitative estimate of drug-likeness (QED) is 0.492. The summed E-state index contributed by atoms with van der Waals surface area (Å²) in [6, 6.07) is 0. The molecule has 0 fully saturated rings. The Labute approximate surface area is 63.5 Å². The molecule has 0 radical (unpaired) electrons. The van der Waals surface area contributed by atoms with E-state index in [2.05, 4.69) is 18.1 Å². The second kappa shape index (κ2) is 6.49. The molecule has 0 N–H and O–H groups in total. The normalized spacial score (nSPS) is 13.4. The zero-order chi connectivity index (χ0) is 7.11. The third kappa shape index (κ3) is 8.37. The summed E-state index contributed by atoms with van der Waals surface area (Å²) in [4.78, 5) is 0. The van der Waals surface area contributed by atoms with E-state index in [-0.39, 0.29) is 0 Å². The van der Waals surface area contributed by atoms with Crippen LogP contribution in [0.25, 0.3) is 0 Å². The van der Waals surface area contributed by atoms with Crippen LogP contribution in [0.15, 0.2) is 0 Å². The van der Waals surface area contributed by atoms with Gasteiger partial charge in [0.2, 0.25) is 0 Å². The smallest absolute Gasteiger partial charge is 0.0232 e. The Morgan fingerprint density at radius 1 is 1.33 bits per heavy atom. The summed E-state index contributed by atoms with van der Waals surface area (Å²) < 4.78 is 10.4. The molecule has 0 rings (SSSR count). The van der Waals surface area contributed by atoms with Crippen molar-refractivity contribution in [2.75, 3.05) is 5.75 Å². The Morgan fingerprint density at radius 3 is 2.44 bits per heavy atom. The Balaban J connectivity index is 2.92. The summed E-state index contributed by atoms with van der Waals surface area (Å²) in [7, 11) is -1.28. The van der Waals surface area contributed by atoms with E-state index in [0.717, 1.165) is 12.2 Å². The van der Waals surface area contributed by atoms with Crippen molar-refractivity contribution in [2.24, 2.45) is 0 Å². The van der Waals surface area contributed by atoms with Crippen LogP contribution in [0.2, 0.25) is 0 Å². The van der Waals surface area contributed by atoms with Gasteiger partial charge in [-0.2, -0.15) is 0 Å². The van der Waals surface area contributed by atoms with Crippen LogP contribution in [0.3, 0.4) is 0 Å². The Bertz CT molecular complexity index is 110. The van der Waals surface area contributed by atoms with Gasteiger partial charge in [0.25, 0.3) is 0 Å². The minimum atomic E-state index is -1.28. The maximum absolute atomic E-state index is 10.4. The molecule has 1 nitrogen and oxygen atoms in total. The van der Waals surface area contributed by atoms with E-state index >= 15 is 0 Å². The summed E-state index contributed by atoms with van der Waals surface area (Å²) in [6.07, 6.45) is 4.72. The molecule has 0 aliphatic rings. The standard InChI is InChI=1S/C6H14OS2/c1-2-3-4-5-6-9(7)8/h9H,2-6H2,1H3. The average molecular weight is 166 g/mol. The summed E-state index contributed by atoms with van der Waals surface area (Å²) in [5, 5.41) is 0. The maximum Gasteiger partial charge on any atom is 0.0232 e. The van der Waals surface area contributed by atoms with E-state index in [0.29, 0.717) is 0 Å². The second-order valence-electron chi connectivity index (χ2n) is 2.12. The van der Waals surface area contributed by atoms with Gasteiger partial charge in [-0.25, -0.2) is 0 Å². The molecule has 3 heteroatoms. The highest BCUT2D eigenvalue weighted by Crippen LogP contribution is 1.97. The van der Waals surface area contributed by atoms with Crippen molar-refractivity contribution < 1.29 is 4.21 Å². The first-order valence-electron chi connectivity index (χ1n) is 3.39. The molecule has 0 saturated carbocycles. The van der Waals surface area contributed by atoms with Crippen molar-refractivity contribution in [1.82, 2.24) is 0 Å². The molecule has 0 saturated heterocycles. The fraction of sp³-hybridized carbons (Fsp3) is 1.00. The fourth-order valence-electron chi connectivity index (χ4n) is 0.668. The number of hydrogen-bond acceptors (Lipinski definition) is 2. The van der Waals surface area contributed by atoms with Crippen LogP contribution < -0.4 is 0 Å². The summed E-state index contributed by atoms with van der Waals surface area (Å²) in [6.45, 7) is 2.16. The van der Waals surface area contributed by atoms with Crippen molar-refractivity contribution in [3.8, 4) is 0 Å². The molecule has 0 amide bonds. The number of thiol groups is 1. The molecular weight excluding hydrogens is 152 g/mol. The molecule has 0 bridgehead atoms. The van der Waals surface area contributed by atoms with Gasteiger partial charge >= 0.3 is 0 Å². The van der Waals surface area contributed by atoms with Crippen LogP contribution in [0.5, 0.6) is 0 Å². The highest BCUT2D eigenvalue weighted by molar-refractivity contribution is 8.21. The monoisotopic (exact) mass is 166 g/mol. The zero-order valence-corrected chi connectivity index (χ0v) is 7.51. The van der Waals surface area contributed by atoms with Crippen molar-refractivity contribution in [2.45, 2.75) is 32.6 Å². The lowest BCUT2D eigenvalue weighted by atomic mass is 10.2. The van der Waals surface area contributed by atoms with Gasteiger partial charge in [-0.05, 0) is 17.6 Å². The van der Waals surface area contributed by atoms with E-state index in [1.165, 1.54) is 19.3 Å². The number of hydrogen-bond donors (Lipinski definition) is 1. The van der Waals surface area contributed by atoms with Crippen LogP contribution in [0.1, 0.15) is 32.6 Å². The third-order valence-corrected chi connectivity index (χ3v) is 2.42. The molecule has 0 heterocycles. The van der Waals surface area contributed by atoms with Gasteiger partial charge in [0, 0.05) is 15.1 Å². The van der Waals surface area contributed by atoms with E-state index in [9.17, 15) is 4.21 Å². The molecule has 1 unspecified atom stereocenters. The van der Waals surface area contributed by atoms with Crippen LogP contribution in [-0.4, -0.2) is 9.96 Å². The zero-order valence-electron chi connectivity index (χ0n) is 5.80. The van der Waals surface area contributed by atoms with Gasteiger partial charge in [-0.15, -0.1) is 0 Å². The molecule has 56 valence electrons. The van der Waals surface area contributed by atoms with Crippen LogP contribution in [-0.2, 0) is 20.5 Å². The number of unbranched alkanes of at least 4 members (excludes halogenated alkanes) is 3. The molecule has 0 aromatic rings. The summed E-state index contributed by atoms with van der Waals surface area (Å²) >= 11 is 4.54. The molecule has 0 spiro atoms. The lowest BCUT2D eigenvalue weighted by Gasteiger charge is -1.91. The van der Waals surface area contributed by atoms with E-state index in [1.54, 1.807) is 0 Å². The molecule has 0 aromatic heterocycles. The van der Waals surface area contributed by atoms with Crippen molar-refractivity contribution in [3.05, 3.63) is 0 Å². The minimum absolute atomic E-state index is 0.741. The largest absolute Gasteiger partial charge is 0.260 e. The first kappa shape index (κ1) is 9.37. The third-order valence-electron chi connectivity index (χ3n) is 1.19. The van der Waals surface area contributed by atoms with E-state index < -0.39 is 9.36 Å². The average Bonchev–Trinajstić information content (AvgIpc) is 1.80. The van der Waals surface area contributed by atoms with Gasteiger partial charge in [0.05, 0.1) is 0 Å². The highest BCUT2D eigenvalue weighted by Gasteiger charge is 1.85. The van der Waals surface area contributed by atoms with Gasteiger partial charge in [0.1, 0.15) is 0 Å². The predicted molar refractivity (Wildman–Crippen MR) is 45.9 cm³/mol. The lowest BCUT2D eigenvalue weighted by Crippen LogP contribution is -1.85. The molecule has 0 aliphatic carbocycles. The molecular formula is C6H14OS2. The molecule has 0 aliphatic heterocycles. The maximum atomic E-state index is 10.4. The van der Waals surface area contributed by atoms with E-state index in [1.807, 2.05) is 0 Å². The second-order valence-corrected chi connectivity index (χ2v) is 4.45. The SMILES string of the molecule is CCCCCC[SH](=O)=S. The summed E-state index contributed by atoms with van der Waals surface area (Å²) in [5.74, 6) is 0.741. The van der Waals surface area contributed by atoms with Gasteiger partial charge in [0.15, 0.2) is 0 Å². The minimum Gasteiger partial charge on any atom is -0.260 e. The van der Waals surface area contributed by atoms with E-state index in [4.69, 9.17) is 0 Å². The molecule has 0 aromatic carbocycles. The van der Waals surface area contributed by atoms with Gasteiger partial charge < -0.3 is 0 Å². The predicted octanol–water partition coefficient (Wildman–Crippen LogP) is 1.51. The lowest BCUT2D eigenvalue weighted by molar-refractivity contribution is 0.677. The summed E-state index contributed by atoms with van der Waals surface area (Å²) in [5.41, 5.74) is 0. The van der Waals surface area contributed by atoms with Crippen molar-refractivity contribution in [1.29, 1.82) is 0 Å².